The number of hydrogen-bond acceptors (Lipinski definition) is 6. The predicted molar refractivity (Wildman–Crippen MR) is 128 cm³/mol. The van der Waals surface area contributed by atoms with Crippen LogP contribution in [0.25, 0.3) is 10.9 Å². The number of anilines is 1. The van der Waals surface area contributed by atoms with Gasteiger partial charge in [-0.3, -0.25) is 9.78 Å². The number of pyridine rings is 1. The van der Waals surface area contributed by atoms with Crippen LogP contribution in [0.4, 0.5) is 5.69 Å². The summed E-state index contributed by atoms with van der Waals surface area (Å²) in [4.78, 5) is 34.4. The number of fused-ring (bicyclic) bond motifs is 1. The van der Waals surface area contributed by atoms with Gasteiger partial charge in [0, 0.05) is 42.9 Å². The molecule has 2 aromatic carbocycles. The summed E-state index contributed by atoms with van der Waals surface area (Å²) in [5.74, 6) is 0.160. The smallest absolute Gasteiger partial charge is 0.339 e. The summed E-state index contributed by atoms with van der Waals surface area (Å²) < 4.78 is 10.7. The molecular formula is C26H29N3O4. The number of aryl methyl sites for hydroxylation is 1. The molecule has 7 nitrogen and oxygen atoms in total. The Labute approximate surface area is 193 Å². The van der Waals surface area contributed by atoms with Crippen molar-refractivity contribution in [1.29, 1.82) is 0 Å². The first kappa shape index (κ1) is 22.6. The topological polar surface area (TPSA) is 72.0 Å². The van der Waals surface area contributed by atoms with Gasteiger partial charge >= 0.3 is 5.97 Å². The molecule has 1 aromatic heterocycles. The number of hydrogen-bond donors (Lipinski definition) is 0. The van der Waals surface area contributed by atoms with E-state index in [2.05, 4.69) is 9.88 Å². The van der Waals surface area contributed by atoms with Gasteiger partial charge in [0.25, 0.3) is 5.91 Å². The van der Waals surface area contributed by atoms with Crippen molar-refractivity contribution in [1.82, 2.24) is 9.88 Å². The SMILES string of the molecule is CCc1nc2ccccc2c(C(=O)OCC(=O)N2CCN(c3ccc(OC)cc3)CC2)c1C. The molecule has 0 N–H and O–H groups in total. The predicted octanol–water partition coefficient (Wildman–Crippen LogP) is 3.62. The highest BCUT2D eigenvalue weighted by Gasteiger charge is 2.24. The molecule has 1 fully saturated rings. The Balaban J connectivity index is 1.38. The Morgan fingerprint density at radius 2 is 1.70 bits per heavy atom. The maximum Gasteiger partial charge on any atom is 0.339 e. The average Bonchev–Trinajstić information content (AvgIpc) is 2.86. The maximum atomic E-state index is 13.0. The van der Waals surface area contributed by atoms with Crippen molar-refractivity contribution in [2.24, 2.45) is 0 Å². The Bertz CT molecular complexity index is 1150. The van der Waals surface area contributed by atoms with E-state index in [0.717, 1.165) is 46.7 Å². The zero-order valence-corrected chi connectivity index (χ0v) is 19.3. The molecule has 172 valence electrons. The number of carbonyl (C=O) groups is 2. The fraction of sp³-hybridized carbons (Fsp3) is 0.346. The van der Waals surface area contributed by atoms with Gasteiger partial charge < -0.3 is 19.3 Å². The lowest BCUT2D eigenvalue weighted by Gasteiger charge is -2.36. The zero-order chi connectivity index (χ0) is 23.4. The molecule has 4 rings (SSSR count). The van der Waals surface area contributed by atoms with Gasteiger partial charge in [-0.15, -0.1) is 0 Å². The van der Waals surface area contributed by atoms with Crippen LogP contribution in [-0.2, 0) is 16.0 Å². The fourth-order valence-corrected chi connectivity index (χ4v) is 4.26. The standard InChI is InChI=1S/C26H29N3O4/c1-4-22-18(2)25(21-7-5-6-8-23(21)27-22)26(31)33-17-24(30)29-15-13-28(14-16-29)19-9-11-20(32-3)12-10-19/h5-12H,4,13-17H2,1-3H3. The van der Waals surface area contributed by atoms with Crippen molar-refractivity contribution >= 4 is 28.5 Å². The van der Waals surface area contributed by atoms with Gasteiger partial charge in [-0.1, -0.05) is 25.1 Å². The number of aromatic nitrogens is 1. The second-order valence-electron chi connectivity index (χ2n) is 8.07. The number of esters is 1. The third-order valence-corrected chi connectivity index (χ3v) is 6.17. The molecule has 0 radical (unpaired) electrons. The first-order chi connectivity index (χ1) is 16.0. The van der Waals surface area contributed by atoms with Gasteiger partial charge in [0.15, 0.2) is 6.61 Å². The van der Waals surface area contributed by atoms with E-state index in [1.165, 1.54) is 0 Å². The summed E-state index contributed by atoms with van der Waals surface area (Å²) in [5, 5.41) is 0.748. The Morgan fingerprint density at radius 3 is 2.36 bits per heavy atom. The molecule has 0 spiro atoms. The van der Waals surface area contributed by atoms with Crippen LogP contribution in [0.5, 0.6) is 5.75 Å². The van der Waals surface area contributed by atoms with Crippen molar-refractivity contribution in [3.63, 3.8) is 0 Å². The second kappa shape index (κ2) is 9.90. The lowest BCUT2D eigenvalue weighted by atomic mass is 10.0. The first-order valence-electron chi connectivity index (χ1n) is 11.2. The third-order valence-electron chi connectivity index (χ3n) is 6.17. The molecule has 0 saturated carbocycles. The molecule has 1 saturated heterocycles. The molecule has 0 aliphatic carbocycles. The minimum Gasteiger partial charge on any atom is -0.497 e. The Morgan fingerprint density at radius 1 is 1.00 bits per heavy atom. The quantitative estimate of drug-likeness (QED) is 0.538. The van der Waals surface area contributed by atoms with E-state index in [1.807, 2.05) is 62.4 Å². The van der Waals surface area contributed by atoms with Crippen molar-refractivity contribution in [3.8, 4) is 5.75 Å². The highest BCUT2D eigenvalue weighted by Crippen LogP contribution is 2.25. The second-order valence-corrected chi connectivity index (χ2v) is 8.07. The number of benzene rings is 2. The number of para-hydroxylation sites is 1. The van der Waals surface area contributed by atoms with Crippen LogP contribution in [0.1, 0.15) is 28.5 Å². The Kier molecular flexibility index (Phi) is 6.77. The molecule has 0 unspecified atom stereocenters. The lowest BCUT2D eigenvalue weighted by molar-refractivity contribution is -0.134. The molecule has 1 aliphatic rings. The molecular weight excluding hydrogens is 418 g/mol. The number of rotatable bonds is 6. The molecule has 1 aliphatic heterocycles. The van der Waals surface area contributed by atoms with Crippen molar-refractivity contribution < 1.29 is 19.1 Å². The minimum absolute atomic E-state index is 0.176. The fourth-order valence-electron chi connectivity index (χ4n) is 4.26. The van der Waals surface area contributed by atoms with Gasteiger partial charge in [0.05, 0.1) is 18.2 Å². The normalized spacial score (nSPS) is 13.8. The van der Waals surface area contributed by atoms with E-state index < -0.39 is 5.97 Å². The van der Waals surface area contributed by atoms with Crippen LogP contribution < -0.4 is 9.64 Å². The average molecular weight is 448 g/mol. The van der Waals surface area contributed by atoms with Gasteiger partial charge in [-0.25, -0.2) is 4.79 Å². The minimum atomic E-state index is -0.481. The summed E-state index contributed by atoms with van der Waals surface area (Å²) >= 11 is 0. The van der Waals surface area contributed by atoms with Gasteiger partial charge in [-0.2, -0.15) is 0 Å². The van der Waals surface area contributed by atoms with Crippen LogP contribution in [0.15, 0.2) is 48.5 Å². The largest absolute Gasteiger partial charge is 0.497 e. The van der Waals surface area contributed by atoms with Crippen molar-refractivity contribution in [3.05, 3.63) is 65.4 Å². The Hall–Kier alpha value is -3.61. The summed E-state index contributed by atoms with van der Waals surface area (Å²) in [6.45, 7) is 6.24. The maximum absolute atomic E-state index is 13.0. The molecule has 7 heteroatoms. The molecule has 0 atom stereocenters. The van der Waals surface area contributed by atoms with Crippen molar-refractivity contribution in [2.75, 3.05) is 44.8 Å². The number of piperazine rings is 1. The molecule has 1 amide bonds. The van der Waals surface area contributed by atoms with E-state index >= 15 is 0 Å². The summed E-state index contributed by atoms with van der Waals surface area (Å²) in [6.07, 6.45) is 0.717. The highest BCUT2D eigenvalue weighted by molar-refractivity contribution is 6.05. The van der Waals surface area contributed by atoms with Crippen LogP contribution in [0.3, 0.4) is 0 Å². The zero-order valence-electron chi connectivity index (χ0n) is 19.3. The van der Waals surface area contributed by atoms with Crippen molar-refractivity contribution in [2.45, 2.75) is 20.3 Å². The summed E-state index contributed by atoms with van der Waals surface area (Å²) in [7, 11) is 1.65. The number of methoxy groups -OCH3 is 1. The van der Waals surface area contributed by atoms with E-state index in [9.17, 15) is 9.59 Å². The van der Waals surface area contributed by atoms with E-state index in [0.29, 0.717) is 25.1 Å². The van der Waals surface area contributed by atoms with Crippen LogP contribution in [0, 0.1) is 6.92 Å². The van der Waals surface area contributed by atoms with E-state index in [1.54, 1.807) is 12.0 Å². The number of amides is 1. The molecule has 2 heterocycles. The number of ether oxygens (including phenoxy) is 2. The summed E-state index contributed by atoms with van der Waals surface area (Å²) in [5.41, 5.74) is 4.02. The number of nitrogens with zero attached hydrogens (tertiary/aromatic N) is 3. The van der Waals surface area contributed by atoms with Crippen LogP contribution in [-0.4, -0.2) is 61.7 Å². The van der Waals surface area contributed by atoms with Crippen LogP contribution >= 0.6 is 0 Å². The first-order valence-corrected chi connectivity index (χ1v) is 11.2. The highest BCUT2D eigenvalue weighted by atomic mass is 16.5. The van der Waals surface area contributed by atoms with E-state index in [-0.39, 0.29) is 12.5 Å². The lowest BCUT2D eigenvalue weighted by Crippen LogP contribution is -2.49. The van der Waals surface area contributed by atoms with E-state index in [4.69, 9.17) is 9.47 Å². The molecule has 3 aromatic rings. The monoisotopic (exact) mass is 447 g/mol. The van der Waals surface area contributed by atoms with Gasteiger partial charge in [0.1, 0.15) is 5.75 Å². The van der Waals surface area contributed by atoms with Gasteiger partial charge in [0.2, 0.25) is 0 Å². The molecule has 33 heavy (non-hydrogen) atoms. The summed E-state index contributed by atoms with van der Waals surface area (Å²) in [6, 6.07) is 15.4. The van der Waals surface area contributed by atoms with Crippen LogP contribution in [0.2, 0.25) is 0 Å². The number of carbonyl (C=O) groups excluding carboxylic acids is 2. The van der Waals surface area contributed by atoms with Gasteiger partial charge in [-0.05, 0) is 49.2 Å². The molecule has 0 bridgehead atoms. The third kappa shape index (κ3) is 4.77.